The molecule has 1 aliphatic heterocycles. The van der Waals surface area contributed by atoms with Crippen LogP contribution in [0.1, 0.15) is 25.1 Å². The van der Waals surface area contributed by atoms with Crippen molar-refractivity contribution < 1.29 is 0 Å². The molecule has 2 fully saturated rings. The van der Waals surface area contributed by atoms with Crippen molar-refractivity contribution in [2.24, 2.45) is 0 Å². The number of imidazole rings is 1. The molecule has 1 aliphatic carbocycles. The van der Waals surface area contributed by atoms with Crippen molar-refractivity contribution in [2.75, 3.05) is 33.2 Å². The summed E-state index contributed by atoms with van der Waals surface area (Å²) in [5.74, 6) is 1.09. The summed E-state index contributed by atoms with van der Waals surface area (Å²) >= 11 is 6.76. The second-order valence-corrected chi connectivity index (χ2v) is 10.7. The van der Waals surface area contributed by atoms with Crippen molar-refractivity contribution in [2.45, 2.75) is 24.8 Å². The summed E-state index contributed by atoms with van der Waals surface area (Å²) in [4.78, 5) is 19.9. The summed E-state index contributed by atoms with van der Waals surface area (Å²) in [5, 5.41) is 1.58. The number of halogens is 1. The van der Waals surface area contributed by atoms with E-state index in [1.54, 1.807) is 6.20 Å². The van der Waals surface area contributed by atoms with Gasteiger partial charge in [-0.25, -0.2) is 15.0 Å². The molecule has 37 heavy (non-hydrogen) atoms. The molecule has 7 rings (SSSR count). The lowest BCUT2D eigenvalue weighted by Gasteiger charge is -2.51. The highest BCUT2D eigenvalue weighted by atomic mass is 35.5. The summed E-state index contributed by atoms with van der Waals surface area (Å²) in [6, 6.07) is 20.9. The third kappa shape index (κ3) is 3.74. The van der Waals surface area contributed by atoms with Crippen LogP contribution in [0.2, 0.25) is 5.15 Å². The number of benzene rings is 2. The minimum atomic E-state index is -0.0529. The fraction of sp³-hybridized carbons (Fsp3) is 0.300. The Morgan fingerprint density at radius 3 is 2.41 bits per heavy atom. The van der Waals surface area contributed by atoms with Crippen LogP contribution >= 0.6 is 11.6 Å². The average Bonchev–Trinajstić information content (AvgIpc) is 3.30. The van der Waals surface area contributed by atoms with Crippen LogP contribution in [0.15, 0.2) is 73.1 Å². The first kappa shape index (κ1) is 22.8. The number of rotatable bonds is 4. The summed E-state index contributed by atoms with van der Waals surface area (Å²) < 4.78 is 2.19. The van der Waals surface area contributed by atoms with Crippen molar-refractivity contribution >= 4 is 28.0 Å². The zero-order valence-electron chi connectivity index (χ0n) is 20.9. The first-order valence-corrected chi connectivity index (χ1v) is 13.4. The van der Waals surface area contributed by atoms with E-state index >= 15 is 0 Å². The highest BCUT2D eigenvalue weighted by Gasteiger charge is 2.48. The standard InChI is InChI=1S/C30H29ClN6/c1-35-16-18-36(19-17-35)30(12-5-13-30)29-34-26(27-28(31)32-14-15-37(27)29)23-9-8-22-10-11-24(33-25(22)20-23)21-6-3-2-4-7-21/h2-4,6-11,14-15,20H,5,12-13,16-19H2,1H3. The molecule has 3 aromatic heterocycles. The van der Waals surface area contributed by atoms with Crippen LogP contribution in [0.4, 0.5) is 0 Å². The second kappa shape index (κ2) is 8.91. The molecule has 0 amide bonds. The first-order chi connectivity index (χ1) is 18.1. The molecule has 6 nitrogen and oxygen atoms in total. The number of piperazine rings is 1. The smallest absolute Gasteiger partial charge is 0.155 e. The van der Waals surface area contributed by atoms with Gasteiger partial charge in [0.25, 0.3) is 0 Å². The molecule has 7 heteroatoms. The van der Waals surface area contributed by atoms with Crippen LogP contribution in [-0.4, -0.2) is 62.4 Å². The van der Waals surface area contributed by atoms with Gasteiger partial charge >= 0.3 is 0 Å². The lowest BCUT2D eigenvalue weighted by atomic mass is 9.74. The number of nitrogens with zero attached hydrogens (tertiary/aromatic N) is 6. The van der Waals surface area contributed by atoms with Gasteiger partial charge in [-0.05, 0) is 38.4 Å². The summed E-state index contributed by atoms with van der Waals surface area (Å²) in [7, 11) is 2.20. The SMILES string of the molecule is CN1CCN(C2(c3nc(-c4ccc5ccc(-c6ccccc6)nc5c4)c4c(Cl)nccn34)CCC2)CC1. The normalized spacial score (nSPS) is 18.3. The topological polar surface area (TPSA) is 49.6 Å². The Labute approximate surface area is 221 Å². The van der Waals surface area contributed by atoms with Crippen LogP contribution in [0.25, 0.3) is 38.9 Å². The van der Waals surface area contributed by atoms with E-state index in [1.807, 2.05) is 24.4 Å². The van der Waals surface area contributed by atoms with Gasteiger partial charge in [-0.2, -0.15) is 0 Å². The molecular weight excluding hydrogens is 480 g/mol. The van der Waals surface area contributed by atoms with E-state index in [-0.39, 0.29) is 5.54 Å². The number of likely N-dealkylation sites (N-methyl/N-ethyl adjacent to an activating group) is 1. The minimum Gasteiger partial charge on any atom is -0.304 e. The van der Waals surface area contributed by atoms with Crippen LogP contribution in [0.5, 0.6) is 0 Å². The third-order valence-electron chi connectivity index (χ3n) is 8.25. The fourth-order valence-corrected chi connectivity index (χ4v) is 6.23. The predicted molar refractivity (Wildman–Crippen MR) is 149 cm³/mol. The fourth-order valence-electron chi connectivity index (χ4n) is 5.99. The number of pyridine rings is 1. The van der Waals surface area contributed by atoms with Crippen molar-refractivity contribution in [3.05, 3.63) is 84.0 Å². The van der Waals surface area contributed by atoms with E-state index in [0.29, 0.717) is 5.15 Å². The Bertz CT molecular complexity index is 1600. The number of aromatic nitrogens is 4. The lowest BCUT2D eigenvalue weighted by Crippen LogP contribution is -2.58. The number of fused-ring (bicyclic) bond motifs is 2. The molecular formula is C30H29ClN6. The summed E-state index contributed by atoms with van der Waals surface area (Å²) in [6.45, 7) is 4.28. The van der Waals surface area contributed by atoms with Gasteiger partial charge in [0.05, 0.1) is 22.4 Å². The van der Waals surface area contributed by atoms with Gasteiger partial charge in [-0.3, -0.25) is 9.30 Å². The zero-order valence-corrected chi connectivity index (χ0v) is 21.7. The molecule has 0 unspecified atom stereocenters. The van der Waals surface area contributed by atoms with E-state index in [9.17, 15) is 0 Å². The molecule has 2 aliphatic rings. The molecule has 0 spiro atoms. The lowest BCUT2D eigenvalue weighted by molar-refractivity contribution is -0.0245. The molecule has 1 saturated carbocycles. The van der Waals surface area contributed by atoms with Crippen LogP contribution < -0.4 is 0 Å². The summed E-state index contributed by atoms with van der Waals surface area (Å²) in [6.07, 6.45) is 7.27. The minimum absolute atomic E-state index is 0.0529. The molecule has 0 atom stereocenters. The zero-order chi connectivity index (χ0) is 25.0. The predicted octanol–water partition coefficient (Wildman–Crippen LogP) is 5.89. The molecule has 5 aromatic rings. The van der Waals surface area contributed by atoms with Crippen molar-refractivity contribution in [1.29, 1.82) is 0 Å². The van der Waals surface area contributed by atoms with Crippen molar-refractivity contribution in [1.82, 2.24) is 29.2 Å². The van der Waals surface area contributed by atoms with Gasteiger partial charge in [-0.1, -0.05) is 60.1 Å². The van der Waals surface area contributed by atoms with Crippen LogP contribution in [-0.2, 0) is 5.54 Å². The average molecular weight is 509 g/mol. The first-order valence-electron chi connectivity index (χ1n) is 13.1. The molecule has 0 bridgehead atoms. The van der Waals surface area contributed by atoms with Crippen LogP contribution in [0.3, 0.4) is 0 Å². The molecule has 186 valence electrons. The van der Waals surface area contributed by atoms with Gasteiger partial charge in [-0.15, -0.1) is 0 Å². The van der Waals surface area contributed by atoms with E-state index in [1.165, 1.54) is 6.42 Å². The van der Waals surface area contributed by atoms with Crippen molar-refractivity contribution in [3.63, 3.8) is 0 Å². The number of hydrogen-bond acceptors (Lipinski definition) is 5. The Hall–Kier alpha value is -3.32. The van der Waals surface area contributed by atoms with Crippen molar-refractivity contribution in [3.8, 4) is 22.5 Å². The maximum atomic E-state index is 6.76. The monoisotopic (exact) mass is 508 g/mol. The van der Waals surface area contributed by atoms with Crippen LogP contribution in [0, 0.1) is 0 Å². The van der Waals surface area contributed by atoms with E-state index in [0.717, 1.165) is 83.8 Å². The van der Waals surface area contributed by atoms with E-state index < -0.39 is 0 Å². The Morgan fingerprint density at radius 1 is 0.865 bits per heavy atom. The van der Waals surface area contributed by atoms with Gasteiger partial charge in [0, 0.05) is 55.1 Å². The molecule has 0 radical (unpaired) electrons. The maximum absolute atomic E-state index is 6.76. The number of hydrogen-bond donors (Lipinski definition) is 0. The Kier molecular flexibility index (Phi) is 5.50. The van der Waals surface area contributed by atoms with Gasteiger partial charge < -0.3 is 4.90 Å². The Balaban J connectivity index is 1.37. The van der Waals surface area contributed by atoms with Gasteiger partial charge in [0.2, 0.25) is 0 Å². The highest BCUT2D eigenvalue weighted by Crippen LogP contribution is 2.48. The quantitative estimate of drug-likeness (QED) is 0.303. The van der Waals surface area contributed by atoms with E-state index in [2.05, 4.69) is 68.7 Å². The Morgan fingerprint density at radius 2 is 1.65 bits per heavy atom. The highest BCUT2D eigenvalue weighted by molar-refractivity contribution is 6.33. The maximum Gasteiger partial charge on any atom is 0.155 e. The largest absolute Gasteiger partial charge is 0.304 e. The second-order valence-electron chi connectivity index (χ2n) is 10.4. The molecule has 1 saturated heterocycles. The van der Waals surface area contributed by atoms with Gasteiger partial charge in [0.15, 0.2) is 5.15 Å². The molecule has 4 heterocycles. The third-order valence-corrected chi connectivity index (χ3v) is 8.53. The molecule has 0 N–H and O–H groups in total. The van der Waals surface area contributed by atoms with Gasteiger partial charge in [0.1, 0.15) is 11.3 Å². The molecule has 2 aromatic carbocycles. The summed E-state index contributed by atoms with van der Waals surface area (Å²) in [5.41, 5.74) is 5.72. The van der Waals surface area contributed by atoms with E-state index in [4.69, 9.17) is 21.6 Å².